The Morgan fingerprint density at radius 2 is 0.615 bits per heavy atom. The van der Waals surface area contributed by atoms with Crippen LogP contribution in [0.2, 0.25) is 0 Å². The van der Waals surface area contributed by atoms with Gasteiger partial charge in [-0.05, 0) is 185 Å². The molecule has 2 heterocycles. The van der Waals surface area contributed by atoms with Crippen LogP contribution in [-0.4, -0.2) is 13.3 Å². The molecule has 450 valence electrons. The lowest BCUT2D eigenvalue weighted by molar-refractivity contribution is 0.769. The molecule has 96 heavy (non-hydrogen) atoms. The van der Waals surface area contributed by atoms with E-state index >= 15 is 0 Å². The SMILES string of the molecule is c1ccc(-c2ccc(-c3ccc4c(c3)c3cc(-c5ccc(-c6ccccc6)cc5)ccc3n4-c3ccc(-c4ccc(N(c5ccc(-c6ccccc6)cc5)c5ccc(-c6ccc7c(c6)C(c6ccccc6)(c6ccccc6)c6ccccc6-7)cc5)c5nsnc45)cc3)cc2)cc1. The molecule has 18 rings (SSSR count). The highest BCUT2D eigenvalue weighted by Crippen LogP contribution is 2.57. The lowest BCUT2D eigenvalue weighted by atomic mass is 9.67. The number of fused-ring (bicyclic) bond motifs is 7. The molecule has 0 amide bonds. The van der Waals surface area contributed by atoms with Gasteiger partial charge in [0.25, 0.3) is 0 Å². The molecule has 15 aromatic carbocycles. The molecule has 0 bridgehead atoms. The first kappa shape index (κ1) is 56.5. The zero-order valence-corrected chi connectivity index (χ0v) is 53.2. The van der Waals surface area contributed by atoms with Crippen molar-refractivity contribution in [3.8, 4) is 94.7 Å². The lowest BCUT2D eigenvalue weighted by Gasteiger charge is -2.34. The van der Waals surface area contributed by atoms with Crippen molar-refractivity contribution < 1.29 is 0 Å². The van der Waals surface area contributed by atoms with Crippen molar-refractivity contribution in [3.05, 3.63) is 386 Å². The fourth-order valence-electron chi connectivity index (χ4n) is 15.0. The summed E-state index contributed by atoms with van der Waals surface area (Å²) in [5.74, 6) is 0. The van der Waals surface area contributed by atoms with Crippen molar-refractivity contribution in [1.82, 2.24) is 13.3 Å². The van der Waals surface area contributed by atoms with E-state index in [2.05, 4.69) is 373 Å². The molecule has 1 aliphatic carbocycles. The van der Waals surface area contributed by atoms with Crippen LogP contribution in [0.5, 0.6) is 0 Å². The van der Waals surface area contributed by atoms with Crippen LogP contribution in [0.25, 0.3) is 128 Å². The third kappa shape index (κ3) is 9.66. The van der Waals surface area contributed by atoms with Gasteiger partial charge in [-0.3, -0.25) is 0 Å². The molecule has 5 heteroatoms. The summed E-state index contributed by atoms with van der Waals surface area (Å²) in [5, 5.41) is 2.40. The Morgan fingerprint density at radius 3 is 1.10 bits per heavy atom. The van der Waals surface area contributed by atoms with Gasteiger partial charge in [-0.1, -0.05) is 285 Å². The van der Waals surface area contributed by atoms with Crippen LogP contribution in [0, 0.1) is 0 Å². The fraction of sp³-hybridized carbons (Fsp3) is 0.0110. The van der Waals surface area contributed by atoms with Gasteiger partial charge in [-0.15, -0.1) is 0 Å². The Hall–Kier alpha value is -12.3. The van der Waals surface area contributed by atoms with Crippen molar-refractivity contribution in [1.29, 1.82) is 0 Å². The molecule has 4 nitrogen and oxygen atoms in total. The highest BCUT2D eigenvalue weighted by atomic mass is 32.1. The molecule has 0 radical (unpaired) electrons. The molecule has 0 fully saturated rings. The molecule has 0 saturated carbocycles. The number of benzene rings is 15. The number of hydrogen-bond donors (Lipinski definition) is 0. The maximum Gasteiger partial charge on any atom is 0.129 e. The van der Waals surface area contributed by atoms with Crippen LogP contribution in [-0.2, 0) is 5.41 Å². The van der Waals surface area contributed by atoms with Crippen molar-refractivity contribution in [2.24, 2.45) is 0 Å². The number of rotatable bonds is 13. The van der Waals surface area contributed by atoms with E-state index < -0.39 is 5.41 Å². The quantitative estimate of drug-likeness (QED) is 0.115. The average molecular weight is 1240 g/mol. The molecule has 0 N–H and O–H groups in total. The van der Waals surface area contributed by atoms with Gasteiger partial charge in [0.05, 0.1) is 33.9 Å². The second kappa shape index (κ2) is 23.7. The van der Waals surface area contributed by atoms with E-state index in [0.29, 0.717) is 0 Å². The molecule has 0 aliphatic heterocycles. The van der Waals surface area contributed by atoms with Crippen LogP contribution >= 0.6 is 11.7 Å². The van der Waals surface area contributed by atoms with Crippen LogP contribution in [0.1, 0.15) is 22.3 Å². The Labute approximate surface area is 562 Å². The summed E-state index contributed by atoms with van der Waals surface area (Å²) in [5.41, 5.74) is 31.4. The van der Waals surface area contributed by atoms with Gasteiger partial charge < -0.3 is 9.47 Å². The summed E-state index contributed by atoms with van der Waals surface area (Å²) in [6.07, 6.45) is 0. The Bertz CT molecular complexity index is 5510. The van der Waals surface area contributed by atoms with Crippen molar-refractivity contribution in [2.75, 3.05) is 4.90 Å². The molecule has 1 aliphatic rings. The highest BCUT2D eigenvalue weighted by Gasteiger charge is 2.46. The second-order valence-corrected chi connectivity index (χ2v) is 25.4. The number of aromatic nitrogens is 3. The Morgan fingerprint density at radius 1 is 0.260 bits per heavy atom. The number of anilines is 3. The predicted octanol–water partition coefficient (Wildman–Crippen LogP) is 24.3. The van der Waals surface area contributed by atoms with Crippen LogP contribution in [0.3, 0.4) is 0 Å². The minimum absolute atomic E-state index is 0.493. The first-order chi connectivity index (χ1) is 47.6. The van der Waals surface area contributed by atoms with Crippen LogP contribution in [0.15, 0.2) is 364 Å². The highest BCUT2D eigenvalue weighted by molar-refractivity contribution is 7.00. The third-order valence-electron chi connectivity index (χ3n) is 19.6. The fourth-order valence-corrected chi connectivity index (χ4v) is 15.5. The molecular formula is C91H60N4S. The monoisotopic (exact) mass is 1240 g/mol. The van der Waals surface area contributed by atoms with Gasteiger partial charge in [0.2, 0.25) is 0 Å². The third-order valence-corrected chi connectivity index (χ3v) is 20.2. The number of nitrogens with zero attached hydrogens (tertiary/aromatic N) is 4. The molecule has 0 saturated heterocycles. The summed E-state index contributed by atoms with van der Waals surface area (Å²) in [7, 11) is 0. The predicted molar refractivity (Wildman–Crippen MR) is 402 cm³/mol. The van der Waals surface area contributed by atoms with Gasteiger partial charge in [0, 0.05) is 33.4 Å². The van der Waals surface area contributed by atoms with E-state index in [1.807, 2.05) is 0 Å². The lowest BCUT2D eigenvalue weighted by Crippen LogP contribution is -2.28. The van der Waals surface area contributed by atoms with Gasteiger partial charge in [-0.2, -0.15) is 8.75 Å². The summed E-state index contributed by atoms with van der Waals surface area (Å²) >= 11 is 1.26. The summed E-state index contributed by atoms with van der Waals surface area (Å²) in [4.78, 5) is 2.34. The molecular weight excluding hydrogens is 1180 g/mol. The average Bonchev–Trinajstić information content (AvgIpc) is 1.54. The van der Waals surface area contributed by atoms with Crippen molar-refractivity contribution >= 4 is 61.6 Å². The van der Waals surface area contributed by atoms with Gasteiger partial charge >= 0.3 is 0 Å². The van der Waals surface area contributed by atoms with E-state index in [1.54, 1.807) is 0 Å². The van der Waals surface area contributed by atoms with E-state index in [0.717, 1.165) is 72.6 Å². The van der Waals surface area contributed by atoms with Crippen molar-refractivity contribution in [3.63, 3.8) is 0 Å². The van der Waals surface area contributed by atoms with Gasteiger partial charge in [-0.25, -0.2) is 0 Å². The first-order valence-electron chi connectivity index (χ1n) is 32.8. The maximum absolute atomic E-state index is 5.13. The Balaban J connectivity index is 0.712. The van der Waals surface area contributed by atoms with Crippen LogP contribution < -0.4 is 4.90 Å². The standard InChI is InChI=1S/C91H60N4S/c1-6-18-61(19-7-1)64-30-34-67(35-31-64)71-45-55-86-82(58-71)83-59-72(68-36-32-65(33-37-68)62-20-8-2-9-21-62)46-56-87(83)95(86)78-51-42-70(43-52-78)79-54-57-88(90-89(79)92-96-93-90)94(76-47-38-66(39-48-76)63-22-10-3-11-23-63)77-49-40-69(41-50-77)73-44-53-81-80-28-16-17-29-84(80)91(85(81)60-73,74-24-12-4-13-25-74)75-26-14-5-15-27-75/h1-60H. The zero-order valence-electron chi connectivity index (χ0n) is 52.3. The zero-order chi connectivity index (χ0) is 63.5. The van der Waals surface area contributed by atoms with E-state index in [4.69, 9.17) is 8.75 Å². The van der Waals surface area contributed by atoms with Crippen molar-refractivity contribution in [2.45, 2.75) is 5.41 Å². The second-order valence-electron chi connectivity index (χ2n) is 24.9. The molecule has 17 aromatic rings. The normalized spacial score (nSPS) is 12.2. The van der Waals surface area contributed by atoms with E-state index in [1.165, 1.54) is 106 Å². The largest absolute Gasteiger partial charge is 0.309 e. The van der Waals surface area contributed by atoms with E-state index in [-0.39, 0.29) is 0 Å². The maximum atomic E-state index is 5.13. The first-order valence-corrected chi connectivity index (χ1v) is 33.5. The number of hydrogen-bond acceptors (Lipinski definition) is 4. The van der Waals surface area contributed by atoms with Gasteiger partial charge in [0.1, 0.15) is 11.0 Å². The molecule has 0 spiro atoms. The summed E-state index contributed by atoms with van der Waals surface area (Å²) < 4.78 is 12.6. The summed E-state index contributed by atoms with van der Waals surface area (Å²) in [6.45, 7) is 0. The van der Waals surface area contributed by atoms with Crippen LogP contribution in [0.4, 0.5) is 17.1 Å². The van der Waals surface area contributed by atoms with E-state index in [9.17, 15) is 0 Å². The molecule has 0 atom stereocenters. The summed E-state index contributed by atoms with van der Waals surface area (Å²) in [6, 6.07) is 133. The Kier molecular flexibility index (Phi) is 13.9. The molecule has 0 unspecified atom stereocenters. The topological polar surface area (TPSA) is 34.0 Å². The van der Waals surface area contributed by atoms with Gasteiger partial charge in [0.15, 0.2) is 0 Å². The molecule has 2 aromatic heterocycles. The minimum Gasteiger partial charge on any atom is -0.309 e. The minimum atomic E-state index is -0.493. The smallest absolute Gasteiger partial charge is 0.129 e.